The van der Waals surface area contributed by atoms with Crippen molar-refractivity contribution < 1.29 is 4.74 Å². The third-order valence-electron chi connectivity index (χ3n) is 3.92. The number of nitrogens with two attached hydrogens (primary N) is 1. The summed E-state index contributed by atoms with van der Waals surface area (Å²) in [5.41, 5.74) is 8.16. The minimum Gasteiger partial charge on any atom is -0.393 e. The van der Waals surface area contributed by atoms with Gasteiger partial charge in [-0.25, -0.2) is 9.97 Å². The van der Waals surface area contributed by atoms with E-state index in [1.165, 1.54) is 5.56 Å². The number of rotatable bonds is 6. The molecule has 1 saturated heterocycles. The number of hydrogen-bond acceptors (Lipinski definition) is 7. The first-order valence-corrected chi connectivity index (χ1v) is 9.11. The van der Waals surface area contributed by atoms with E-state index in [9.17, 15) is 0 Å². The Bertz CT molecular complexity index is 662. The number of nitrogens with one attached hydrogen (secondary N) is 1. The molecular weight excluding hydrogens is 322 g/mol. The number of ether oxygens (including phenoxy) is 1. The predicted octanol–water partition coefficient (Wildman–Crippen LogP) is 2.27. The molecular formula is C17H23N5OS. The molecule has 0 unspecified atom stereocenters. The van der Waals surface area contributed by atoms with E-state index >= 15 is 0 Å². The van der Waals surface area contributed by atoms with Crippen LogP contribution in [0.2, 0.25) is 0 Å². The van der Waals surface area contributed by atoms with Gasteiger partial charge in [-0.05, 0) is 12.0 Å². The van der Waals surface area contributed by atoms with E-state index in [-0.39, 0.29) is 0 Å². The molecule has 0 aliphatic carbocycles. The number of thioether (sulfide) groups is 1. The Balaban J connectivity index is 1.72. The van der Waals surface area contributed by atoms with Crippen molar-refractivity contribution in [3.8, 4) is 0 Å². The lowest BCUT2D eigenvalue weighted by atomic mass is 10.2. The van der Waals surface area contributed by atoms with Crippen molar-refractivity contribution in [3.05, 3.63) is 35.9 Å². The average Bonchev–Trinajstić information content (AvgIpc) is 2.64. The number of nitrogens with zero attached hydrogens (tertiary/aromatic N) is 3. The fraction of sp³-hybridized carbons (Fsp3) is 0.412. The zero-order chi connectivity index (χ0) is 16.8. The number of aryl methyl sites for hydroxylation is 1. The molecule has 2 heterocycles. The summed E-state index contributed by atoms with van der Waals surface area (Å²) in [7, 11) is 1.83. The van der Waals surface area contributed by atoms with Crippen LogP contribution in [0.25, 0.3) is 0 Å². The lowest BCUT2D eigenvalue weighted by Gasteiger charge is -2.29. The van der Waals surface area contributed by atoms with Gasteiger partial charge in [-0.3, -0.25) is 0 Å². The first kappa shape index (κ1) is 16.9. The fourth-order valence-corrected chi connectivity index (χ4v) is 3.44. The van der Waals surface area contributed by atoms with Crippen LogP contribution in [0.5, 0.6) is 0 Å². The minimum atomic E-state index is 0.604. The van der Waals surface area contributed by atoms with Gasteiger partial charge in [0.1, 0.15) is 5.69 Å². The second kappa shape index (κ2) is 8.21. The molecule has 6 nitrogen and oxygen atoms in total. The molecule has 2 aromatic rings. The quantitative estimate of drug-likeness (QED) is 0.614. The van der Waals surface area contributed by atoms with E-state index in [4.69, 9.17) is 15.5 Å². The van der Waals surface area contributed by atoms with Crippen LogP contribution in [-0.2, 0) is 11.2 Å². The Kier molecular flexibility index (Phi) is 5.77. The van der Waals surface area contributed by atoms with E-state index in [0.29, 0.717) is 24.7 Å². The molecule has 0 spiro atoms. The second-order valence-corrected chi connectivity index (χ2v) is 6.59. The summed E-state index contributed by atoms with van der Waals surface area (Å²) >= 11 is 1.66. The highest BCUT2D eigenvalue weighted by Gasteiger charge is 2.19. The second-order valence-electron chi connectivity index (χ2n) is 5.53. The standard InChI is InChI=1S/C17H23N5OS/c1-19-15-14(18)16(22-8-10-23-11-9-22)21-17(20-15)24-12-7-13-5-3-2-4-6-13/h2-6H,7-12,18H2,1H3,(H,19,20,21). The molecule has 1 aliphatic rings. The first-order valence-electron chi connectivity index (χ1n) is 8.12. The molecule has 1 aliphatic heterocycles. The SMILES string of the molecule is CNc1nc(SCCc2ccccc2)nc(N2CCOCC2)c1N. The van der Waals surface area contributed by atoms with Crippen molar-refractivity contribution in [2.45, 2.75) is 11.6 Å². The van der Waals surface area contributed by atoms with Crippen LogP contribution in [0.15, 0.2) is 35.5 Å². The number of morpholine rings is 1. The number of benzene rings is 1. The molecule has 0 saturated carbocycles. The van der Waals surface area contributed by atoms with Crippen LogP contribution < -0.4 is 16.0 Å². The van der Waals surface area contributed by atoms with Crippen molar-refractivity contribution in [2.24, 2.45) is 0 Å². The Labute approximate surface area is 146 Å². The molecule has 3 N–H and O–H groups in total. The van der Waals surface area contributed by atoms with Gasteiger partial charge in [0.25, 0.3) is 0 Å². The first-order chi connectivity index (χ1) is 11.8. The van der Waals surface area contributed by atoms with Crippen molar-refractivity contribution in [2.75, 3.05) is 55.1 Å². The van der Waals surface area contributed by atoms with Gasteiger partial charge in [-0.1, -0.05) is 42.1 Å². The highest BCUT2D eigenvalue weighted by atomic mass is 32.2. The third kappa shape index (κ3) is 4.10. The van der Waals surface area contributed by atoms with Crippen LogP contribution in [0.3, 0.4) is 0 Å². The fourth-order valence-electron chi connectivity index (χ4n) is 2.61. The molecule has 0 atom stereocenters. The zero-order valence-corrected chi connectivity index (χ0v) is 14.7. The summed E-state index contributed by atoms with van der Waals surface area (Å²) in [6.07, 6.45) is 0.987. The molecule has 3 rings (SSSR count). The zero-order valence-electron chi connectivity index (χ0n) is 13.9. The molecule has 0 amide bonds. The van der Waals surface area contributed by atoms with Crippen LogP contribution >= 0.6 is 11.8 Å². The number of anilines is 3. The monoisotopic (exact) mass is 345 g/mol. The summed E-state index contributed by atoms with van der Waals surface area (Å²) < 4.78 is 5.42. The smallest absolute Gasteiger partial charge is 0.191 e. The summed E-state index contributed by atoms with van der Waals surface area (Å²) in [5.74, 6) is 2.42. The van der Waals surface area contributed by atoms with Crippen LogP contribution in [0.1, 0.15) is 5.56 Å². The highest BCUT2D eigenvalue weighted by molar-refractivity contribution is 7.99. The molecule has 0 radical (unpaired) electrons. The van der Waals surface area contributed by atoms with Gasteiger partial charge >= 0.3 is 0 Å². The van der Waals surface area contributed by atoms with E-state index in [2.05, 4.69) is 39.5 Å². The molecule has 0 bridgehead atoms. The maximum atomic E-state index is 6.23. The Morgan fingerprint density at radius 2 is 1.96 bits per heavy atom. The van der Waals surface area contributed by atoms with E-state index in [1.807, 2.05) is 13.1 Å². The van der Waals surface area contributed by atoms with Gasteiger partial charge in [-0.2, -0.15) is 0 Å². The lowest BCUT2D eigenvalue weighted by molar-refractivity contribution is 0.122. The number of nitrogen functional groups attached to an aromatic ring is 1. The van der Waals surface area contributed by atoms with Gasteiger partial charge in [0.15, 0.2) is 16.8 Å². The maximum Gasteiger partial charge on any atom is 0.191 e. The van der Waals surface area contributed by atoms with Gasteiger partial charge in [0.2, 0.25) is 0 Å². The normalized spacial score (nSPS) is 14.6. The van der Waals surface area contributed by atoms with Gasteiger partial charge < -0.3 is 20.7 Å². The highest BCUT2D eigenvalue weighted by Crippen LogP contribution is 2.30. The predicted molar refractivity (Wildman–Crippen MR) is 99.9 cm³/mol. The average molecular weight is 345 g/mol. The minimum absolute atomic E-state index is 0.604. The van der Waals surface area contributed by atoms with Gasteiger partial charge in [0.05, 0.1) is 13.2 Å². The van der Waals surface area contributed by atoms with Crippen LogP contribution in [-0.4, -0.2) is 49.1 Å². The molecule has 1 aromatic heterocycles. The van der Waals surface area contributed by atoms with Crippen LogP contribution in [0, 0.1) is 0 Å². The maximum absolute atomic E-state index is 6.23. The van der Waals surface area contributed by atoms with Crippen molar-refractivity contribution in [1.29, 1.82) is 0 Å². The molecule has 1 aromatic carbocycles. The van der Waals surface area contributed by atoms with Crippen LogP contribution in [0.4, 0.5) is 17.3 Å². The number of aromatic nitrogens is 2. The van der Waals surface area contributed by atoms with Gasteiger partial charge in [-0.15, -0.1) is 0 Å². The van der Waals surface area contributed by atoms with E-state index < -0.39 is 0 Å². The largest absolute Gasteiger partial charge is 0.393 e. The van der Waals surface area contributed by atoms with E-state index in [1.54, 1.807) is 11.8 Å². The summed E-state index contributed by atoms with van der Waals surface area (Å²) in [5, 5.41) is 3.83. The van der Waals surface area contributed by atoms with Gasteiger partial charge in [0, 0.05) is 25.9 Å². The molecule has 24 heavy (non-hydrogen) atoms. The van der Waals surface area contributed by atoms with Crippen molar-refractivity contribution >= 4 is 29.1 Å². The Hall–Kier alpha value is -1.99. The summed E-state index contributed by atoms with van der Waals surface area (Å²) in [6, 6.07) is 10.4. The Morgan fingerprint density at radius 3 is 2.67 bits per heavy atom. The van der Waals surface area contributed by atoms with E-state index in [0.717, 1.165) is 36.2 Å². The molecule has 7 heteroatoms. The summed E-state index contributed by atoms with van der Waals surface area (Å²) in [6.45, 7) is 3.01. The summed E-state index contributed by atoms with van der Waals surface area (Å²) in [4.78, 5) is 11.4. The lowest BCUT2D eigenvalue weighted by Crippen LogP contribution is -2.37. The molecule has 1 fully saturated rings. The Morgan fingerprint density at radius 1 is 1.21 bits per heavy atom. The topological polar surface area (TPSA) is 76.3 Å². The van der Waals surface area contributed by atoms with Crippen molar-refractivity contribution in [3.63, 3.8) is 0 Å². The van der Waals surface area contributed by atoms with Crippen molar-refractivity contribution in [1.82, 2.24) is 9.97 Å². The third-order valence-corrected chi connectivity index (χ3v) is 4.77. The number of hydrogen-bond donors (Lipinski definition) is 2. The molecule has 128 valence electrons.